The predicted octanol–water partition coefficient (Wildman–Crippen LogP) is 0.933. The van der Waals surface area contributed by atoms with Crippen molar-refractivity contribution in [2.45, 2.75) is 26.8 Å². The van der Waals surface area contributed by atoms with Crippen molar-refractivity contribution in [2.24, 2.45) is 0 Å². The first-order valence-electron chi connectivity index (χ1n) is 4.19. The molecule has 0 aromatic carbocycles. The Kier molecular flexibility index (Phi) is 2.87. The summed E-state index contributed by atoms with van der Waals surface area (Å²) in [7, 11) is 0. The van der Waals surface area contributed by atoms with Crippen molar-refractivity contribution in [3.8, 4) is 6.07 Å². The number of nitriles is 1. The van der Waals surface area contributed by atoms with E-state index in [2.05, 4.69) is 10.3 Å². The van der Waals surface area contributed by atoms with E-state index in [1.54, 1.807) is 20.8 Å². The monoisotopic (exact) mass is 193 g/mol. The number of nitrogens with zero attached hydrogens (tertiary/aromatic N) is 2. The minimum absolute atomic E-state index is 0.171. The highest BCUT2D eigenvalue weighted by Gasteiger charge is 2.17. The highest BCUT2D eigenvalue weighted by atomic mass is 16.4. The van der Waals surface area contributed by atoms with Crippen LogP contribution in [0.3, 0.4) is 0 Å². The van der Waals surface area contributed by atoms with Crippen LogP contribution in [0, 0.1) is 25.2 Å². The fourth-order valence-corrected chi connectivity index (χ4v) is 1.04. The zero-order chi connectivity index (χ0) is 10.7. The summed E-state index contributed by atoms with van der Waals surface area (Å²) < 4.78 is 5.09. The first kappa shape index (κ1) is 10.3. The van der Waals surface area contributed by atoms with Gasteiger partial charge in [-0.15, -0.1) is 0 Å². The quantitative estimate of drug-likeness (QED) is 0.757. The molecule has 0 spiro atoms. The molecule has 1 atom stereocenters. The van der Waals surface area contributed by atoms with Gasteiger partial charge >= 0.3 is 0 Å². The van der Waals surface area contributed by atoms with Crippen molar-refractivity contribution in [2.75, 3.05) is 0 Å². The van der Waals surface area contributed by atoms with Gasteiger partial charge in [-0.2, -0.15) is 5.26 Å². The normalized spacial score (nSPS) is 11.9. The van der Waals surface area contributed by atoms with Crippen molar-refractivity contribution in [1.82, 2.24) is 10.3 Å². The third-order valence-corrected chi connectivity index (χ3v) is 1.65. The van der Waals surface area contributed by atoms with E-state index in [0.29, 0.717) is 11.6 Å². The van der Waals surface area contributed by atoms with Crippen molar-refractivity contribution in [3.05, 3.63) is 17.3 Å². The SMILES string of the molecule is Cc1nc(C)c(C(=O)NC(C)C#N)o1. The zero-order valence-electron chi connectivity index (χ0n) is 8.29. The Bertz CT molecular complexity index is 389. The number of rotatable bonds is 2. The van der Waals surface area contributed by atoms with E-state index < -0.39 is 11.9 Å². The maximum absolute atomic E-state index is 11.5. The average Bonchev–Trinajstić information content (AvgIpc) is 2.45. The first-order chi connectivity index (χ1) is 6.54. The molecule has 14 heavy (non-hydrogen) atoms. The van der Waals surface area contributed by atoms with Crippen LogP contribution in [0.15, 0.2) is 4.42 Å². The molecule has 5 heteroatoms. The van der Waals surface area contributed by atoms with Crippen molar-refractivity contribution < 1.29 is 9.21 Å². The van der Waals surface area contributed by atoms with Crippen molar-refractivity contribution in [1.29, 1.82) is 5.26 Å². The van der Waals surface area contributed by atoms with Crippen LogP contribution in [-0.4, -0.2) is 16.9 Å². The highest BCUT2D eigenvalue weighted by molar-refractivity contribution is 5.92. The zero-order valence-corrected chi connectivity index (χ0v) is 8.29. The molecular weight excluding hydrogens is 182 g/mol. The van der Waals surface area contributed by atoms with Gasteiger partial charge in [0.2, 0.25) is 5.76 Å². The van der Waals surface area contributed by atoms with E-state index in [0.717, 1.165) is 0 Å². The predicted molar refractivity (Wildman–Crippen MR) is 48.5 cm³/mol. The molecular formula is C9H11N3O2. The Morgan fingerprint density at radius 2 is 2.29 bits per heavy atom. The molecule has 0 radical (unpaired) electrons. The van der Waals surface area contributed by atoms with E-state index in [1.165, 1.54) is 0 Å². The fraction of sp³-hybridized carbons (Fsp3) is 0.444. The van der Waals surface area contributed by atoms with Gasteiger partial charge in [0.1, 0.15) is 6.04 Å². The molecule has 74 valence electrons. The number of hydrogen-bond acceptors (Lipinski definition) is 4. The number of oxazole rings is 1. The number of aryl methyl sites for hydroxylation is 2. The lowest BCUT2D eigenvalue weighted by molar-refractivity contribution is 0.0918. The van der Waals surface area contributed by atoms with Crippen LogP contribution in [0.25, 0.3) is 0 Å². The first-order valence-corrected chi connectivity index (χ1v) is 4.19. The third-order valence-electron chi connectivity index (χ3n) is 1.65. The molecule has 1 aromatic heterocycles. The average molecular weight is 193 g/mol. The van der Waals surface area contributed by atoms with Gasteiger partial charge in [0.25, 0.3) is 5.91 Å². The Balaban J connectivity index is 2.80. The molecule has 1 unspecified atom stereocenters. The van der Waals surface area contributed by atoms with Gasteiger partial charge < -0.3 is 9.73 Å². The number of carbonyl (C=O) groups excluding carboxylic acids is 1. The van der Waals surface area contributed by atoms with E-state index in [1.807, 2.05) is 6.07 Å². The maximum Gasteiger partial charge on any atom is 0.290 e. The number of hydrogen-bond donors (Lipinski definition) is 1. The fourth-order valence-electron chi connectivity index (χ4n) is 1.04. The van der Waals surface area contributed by atoms with E-state index in [4.69, 9.17) is 9.68 Å². The smallest absolute Gasteiger partial charge is 0.290 e. The molecule has 1 rings (SSSR count). The molecule has 0 aliphatic rings. The van der Waals surface area contributed by atoms with Gasteiger partial charge in [0.05, 0.1) is 11.8 Å². The second kappa shape index (κ2) is 3.92. The van der Waals surface area contributed by atoms with Crippen LogP contribution in [-0.2, 0) is 0 Å². The molecule has 5 nitrogen and oxygen atoms in total. The van der Waals surface area contributed by atoms with Crippen molar-refractivity contribution >= 4 is 5.91 Å². The summed E-state index contributed by atoms with van der Waals surface area (Å²) in [4.78, 5) is 15.4. The summed E-state index contributed by atoms with van der Waals surface area (Å²) in [5, 5.41) is 11.0. The molecule has 0 saturated heterocycles. The van der Waals surface area contributed by atoms with Gasteiger partial charge in [0, 0.05) is 6.92 Å². The van der Waals surface area contributed by atoms with Crippen LogP contribution in [0.1, 0.15) is 29.1 Å². The molecule has 1 amide bonds. The summed E-state index contributed by atoms with van der Waals surface area (Å²) in [6, 6.07) is 1.36. The standard InChI is InChI=1S/C9H11N3O2/c1-5(4-10)11-9(13)8-6(2)12-7(3)14-8/h5H,1-3H3,(H,11,13). The lowest BCUT2D eigenvalue weighted by Crippen LogP contribution is -2.31. The Morgan fingerprint density at radius 3 is 2.71 bits per heavy atom. The largest absolute Gasteiger partial charge is 0.436 e. The highest BCUT2D eigenvalue weighted by Crippen LogP contribution is 2.08. The van der Waals surface area contributed by atoms with Gasteiger partial charge in [-0.3, -0.25) is 4.79 Å². The van der Waals surface area contributed by atoms with Crippen LogP contribution in [0.5, 0.6) is 0 Å². The lowest BCUT2D eigenvalue weighted by Gasteiger charge is -2.03. The van der Waals surface area contributed by atoms with E-state index >= 15 is 0 Å². The van der Waals surface area contributed by atoms with Gasteiger partial charge in [-0.1, -0.05) is 0 Å². The maximum atomic E-state index is 11.5. The molecule has 0 saturated carbocycles. The number of nitrogens with one attached hydrogen (secondary N) is 1. The van der Waals surface area contributed by atoms with Crippen molar-refractivity contribution in [3.63, 3.8) is 0 Å². The Morgan fingerprint density at radius 1 is 1.64 bits per heavy atom. The van der Waals surface area contributed by atoms with Gasteiger partial charge in [0.15, 0.2) is 5.89 Å². The minimum atomic E-state index is -0.535. The molecule has 0 aliphatic heterocycles. The minimum Gasteiger partial charge on any atom is -0.436 e. The lowest BCUT2D eigenvalue weighted by atomic mass is 10.3. The number of carbonyl (C=O) groups is 1. The Labute approximate surface area is 81.7 Å². The summed E-state index contributed by atoms with van der Waals surface area (Å²) in [5.41, 5.74) is 0.533. The van der Waals surface area contributed by atoms with Crippen LogP contribution >= 0.6 is 0 Å². The second-order valence-corrected chi connectivity index (χ2v) is 2.97. The van der Waals surface area contributed by atoms with E-state index in [9.17, 15) is 4.79 Å². The summed E-state index contributed by atoms with van der Waals surface area (Å²) in [5.74, 6) is 0.207. The summed E-state index contributed by atoms with van der Waals surface area (Å²) in [6.45, 7) is 4.94. The molecule has 1 N–H and O–H groups in total. The molecule has 1 heterocycles. The topological polar surface area (TPSA) is 78.9 Å². The van der Waals surface area contributed by atoms with Crippen LogP contribution in [0.4, 0.5) is 0 Å². The molecule has 0 fully saturated rings. The van der Waals surface area contributed by atoms with Gasteiger partial charge in [-0.05, 0) is 13.8 Å². The Hall–Kier alpha value is -1.83. The van der Waals surface area contributed by atoms with Crippen LogP contribution in [0.2, 0.25) is 0 Å². The van der Waals surface area contributed by atoms with Gasteiger partial charge in [-0.25, -0.2) is 4.98 Å². The summed E-state index contributed by atoms with van der Waals surface area (Å²) >= 11 is 0. The van der Waals surface area contributed by atoms with Crippen LogP contribution < -0.4 is 5.32 Å². The molecule has 1 aromatic rings. The second-order valence-electron chi connectivity index (χ2n) is 2.97. The number of aromatic nitrogens is 1. The summed E-state index contributed by atoms with van der Waals surface area (Å²) in [6.07, 6.45) is 0. The number of amides is 1. The molecule has 0 bridgehead atoms. The van der Waals surface area contributed by atoms with E-state index in [-0.39, 0.29) is 5.76 Å². The third kappa shape index (κ3) is 2.10. The molecule has 0 aliphatic carbocycles.